The van der Waals surface area contributed by atoms with Gasteiger partial charge in [0.25, 0.3) is 11.8 Å². The van der Waals surface area contributed by atoms with Crippen LogP contribution in [0.2, 0.25) is 0 Å². The molecule has 2 fully saturated rings. The molecule has 1 aromatic rings. The number of ether oxygens (including phenoxy) is 4. The number of hydrogen-bond donors (Lipinski definition) is 1. The zero-order valence-electron chi connectivity index (χ0n) is 21.9. The summed E-state index contributed by atoms with van der Waals surface area (Å²) < 4.78 is 22.2. The molecule has 6 amide bonds. The Balaban J connectivity index is 1.05. The van der Waals surface area contributed by atoms with Crippen molar-refractivity contribution in [3.63, 3.8) is 0 Å². The lowest BCUT2D eigenvalue weighted by atomic mass is 10.1. The number of carbonyl (C=O) groups is 6. The first-order valence-corrected chi connectivity index (χ1v) is 13.1. The van der Waals surface area contributed by atoms with E-state index in [1.807, 2.05) is 12.1 Å². The highest BCUT2D eigenvalue weighted by Crippen LogP contribution is 2.30. The Labute approximate surface area is 230 Å². The molecule has 1 aromatic carbocycles. The highest BCUT2D eigenvalue weighted by molar-refractivity contribution is 6.13. The Morgan fingerprint density at radius 3 is 2.35 bits per heavy atom. The van der Waals surface area contributed by atoms with Crippen LogP contribution in [0.1, 0.15) is 50.4 Å². The van der Waals surface area contributed by atoms with Crippen LogP contribution in [0.25, 0.3) is 0 Å². The molecule has 3 heterocycles. The van der Waals surface area contributed by atoms with Crippen LogP contribution in [0.4, 0.5) is 4.79 Å². The van der Waals surface area contributed by atoms with Crippen molar-refractivity contribution in [3.05, 3.63) is 42.0 Å². The van der Waals surface area contributed by atoms with E-state index in [-0.39, 0.29) is 51.0 Å². The molecule has 0 radical (unpaired) electrons. The summed E-state index contributed by atoms with van der Waals surface area (Å²) in [7, 11) is 0. The molecule has 0 aromatic heterocycles. The molecule has 2 saturated heterocycles. The van der Waals surface area contributed by atoms with E-state index < -0.39 is 36.0 Å². The average molecular weight is 558 g/mol. The summed E-state index contributed by atoms with van der Waals surface area (Å²) in [6.07, 6.45) is 3.29. The Morgan fingerprint density at radius 2 is 1.65 bits per heavy atom. The number of likely N-dealkylation sites (tertiary alicyclic amines) is 1. The molecule has 0 spiro atoms. The molecular weight excluding hydrogens is 526 g/mol. The van der Waals surface area contributed by atoms with Crippen LogP contribution >= 0.6 is 0 Å². The highest BCUT2D eigenvalue weighted by Gasteiger charge is 2.35. The Bertz CT molecular complexity index is 1130. The fraction of sp³-hybridized carbons (Fsp3) is 0.481. The number of rotatable bonds is 13. The zero-order valence-corrected chi connectivity index (χ0v) is 21.9. The van der Waals surface area contributed by atoms with E-state index in [0.717, 1.165) is 29.7 Å². The Hall–Kier alpha value is -4.10. The Kier molecular flexibility index (Phi) is 9.97. The molecule has 2 atom stereocenters. The van der Waals surface area contributed by atoms with Crippen molar-refractivity contribution in [1.29, 1.82) is 0 Å². The molecule has 3 aliphatic rings. The van der Waals surface area contributed by atoms with Gasteiger partial charge in [-0.15, -0.1) is 0 Å². The normalized spacial score (nSPS) is 20.5. The van der Waals surface area contributed by atoms with Gasteiger partial charge in [0.1, 0.15) is 19.0 Å². The van der Waals surface area contributed by atoms with Crippen LogP contribution < -0.4 is 10.1 Å². The fourth-order valence-electron chi connectivity index (χ4n) is 4.31. The largest absolute Gasteiger partial charge is 0.490 e. The predicted molar refractivity (Wildman–Crippen MR) is 135 cm³/mol. The minimum Gasteiger partial charge on any atom is -0.490 e. The zero-order chi connectivity index (χ0) is 28.5. The smallest absolute Gasteiger partial charge is 0.423 e. The molecule has 2 unspecified atom stereocenters. The number of amides is 6. The van der Waals surface area contributed by atoms with E-state index in [1.54, 1.807) is 12.1 Å². The molecule has 4 rings (SSSR count). The van der Waals surface area contributed by atoms with Gasteiger partial charge in [-0.05, 0) is 31.4 Å². The summed E-state index contributed by atoms with van der Waals surface area (Å²) >= 11 is 0. The number of nitrogens with one attached hydrogen (secondary N) is 1. The maximum Gasteiger partial charge on any atom is 0.423 e. The number of carbonyl (C=O) groups excluding carboxylic acids is 6. The summed E-state index contributed by atoms with van der Waals surface area (Å²) in [4.78, 5) is 71.4. The standard InChI is InChI=1S/C27H31N3O10/c31-21(12-14-29-22(32)8-9-23(29)33)28-13-2-1-3-20-17-39-26(40-20)18-4-6-19(7-5-18)37-15-16-38-27(36)30-24(34)10-11-25(30)35/h4-9,20,26H,1-3,10-17H2,(H,28,31). The molecule has 1 N–H and O–H groups in total. The van der Waals surface area contributed by atoms with Gasteiger partial charge in [-0.3, -0.25) is 28.9 Å². The summed E-state index contributed by atoms with van der Waals surface area (Å²) in [5.41, 5.74) is 0.824. The lowest BCUT2D eigenvalue weighted by Crippen LogP contribution is -2.36. The molecule has 214 valence electrons. The quantitative estimate of drug-likeness (QED) is 0.277. The summed E-state index contributed by atoms with van der Waals surface area (Å²) in [5.74, 6) is -1.58. The van der Waals surface area contributed by atoms with Crippen LogP contribution in [-0.2, 0) is 38.2 Å². The summed E-state index contributed by atoms with van der Waals surface area (Å²) in [5, 5.41) is 2.80. The van der Waals surface area contributed by atoms with Crippen molar-refractivity contribution in [2.45, 2.75) is 50.9 Å². The fourth-order valence-corrected chi connectivity index (χ4v) is 4.31. The third-order valence-corrected chi connectivity index (χ3v) is 6.45. The van der Waals surface area contributed by atoms with Crippen molar-refractivity contribution < 1.29 is 47.7 Å². The maximum absolute atomic E-state index is 11.9. The van der Waals surface area contributed by atoms with Gasteiger partial charge in [0.2, 0.25) is 17.7 Å². The number of nitrogens with zero attached hydrogens (tertiary/aromatic N) is 2. The Morgan fingerprint density at radius 1 is 0.950 bits per heavy atom. The number of hydrogen-bond acceptors (Lipinski definition) is 10. The van der Waals surface area contributed by atoms with E-state index in [4.69, 9.17) is 18.9 Å². The third-order valence-electron chi connectivity index (χ3n) is 6.45. The van der Waals surface area contributed by atoms with Crippen LogP contribution in [-0.4, -0.2) is 84.4 Å². The second-order valence-electron chi connectivity index (χ2n) is 9.34. The first kappa shape index (κ1) is 28.9. The molecule has 0 aliphatic carbocycles. The van der Waals surface area contributed by atoms with E-state index in [1.165, 1.54) is 12.2 Å². The average Bonchev–Trinajstić information content (AvgIpc) is 3.64. The van der Waals surface area contributed by atoms with Gasteiger partial charge in [-0.2, -0.15) is 4.90 Å². The predicted octanol–water partition coefficient (Wildman–Crippen LogP) is 1.37. The molecule has 0 saturated carbocycles. The summed E-state index contributed by atoms with van der Waals surface area (Å²) in [6, 6.07) is 7.09. The van der Waals surface area contributed by atoms with Gasteiger partial charge in [0.15, 0.2) is 6.29 Å². The topological polar surface area (TPSA) is 158 Å². The molecule has 3 aliphatic heterocycles. The second-order valence-corrected chi connectivity index (χ2v) is 9.34. The molecule has 0 bridgehead atoms. The van der Waals surface area contributed by atoms with Gasteiger partial charge in [-0.1, -0.05) is 12.1 Å². The highest BCUT2D eigenvalue weighted by atomic mass is 16.7. The van der Waals surface area contributed by atoms with Gasteiger partial charge < -0.3 is 24.3 Å². The molecule has 40 heavy (non-hydrogen) atoms. The van der Waals surface area contributed by atoms with Crippen molar-refractivity contribution in [2.75, 3.05) is 32.9 Å². The second kappa shape index (κ2) is 13.8. The maximum atomic E-state index is 11.9. The van der Waals surface area contributed by atoms with Gasteiger partial charge in [-0.25, -0.2) is 4.79 Å². The monoisotopic (exact) mass is 557 g/mol. The van der Waals surface area contributed by atoms with Crippen molar-refractivity contribution in [2.24, 2.45) is 0 Å². The minimum atomic E-state index is -0.982. The first-order chi connectivity index (χ1) is 19.3. The summed E-state index contributed by atoms with van der Waals surface area (Å²) in [6.45, 7) is 0.949. The van der Waals surface area contributed by atoms with Gasteiger partial charge in [0, 0.05) is 50.1 Å². The van der Waals surface area contributed by atoms with E-state index in [0.29, 0.717) is 23.8 Å². The first-order valence-electron chi connectivity index (χ1n) is 13.1. The van der Waals surface area contributed by atoms with Crippen molar-refractivity contribution in [3.8, 4) is 5.75 Å². The lowest BCUT2D eigenvalue weighted by molar-refractivity contribution is -0.138. The van der Waals surface area contributed by atoms with Crippen LogP contribution in [0, 0.1) is 0 Å². The number of imide groups is 4. The lowest BCUT2D eigenvalue weighted by Gasteiger charge is -2.14. The number of unbranched alkanes of at least 4 members (excludes halogenated alkanes) is 1. The van der Waals surface area contributed by atoms with Crippen LogP contribution in [0.3, 0.4) is 0 Å². The van der Waals surface area contributed by atoms with E-state index in [2.05, 4.69) is 5.32 Å². The molecular formula is C27H31N3O10. The van der Waals surface area contributed by atoms with E-state index in [9.17, 15) is 28.8 Å². The van der Waals surface area contributed by atoms with Crippen LogP contribution in [0.5, 0.6) is 5.75 Å². The molecule has 13 heteroatoms. The minimum absolute atomic E-state index is 0.0142. The third kappa shape index (κ3) is 7.73. The van der Waals surface area contributed by atoms with Crippen molar-refractivity contribution >= 4 is 35.6 Å². The SMILES string of the molecule is O=C(CCN1C(=O)C=CC1=O)NCCCCC1COC(c2ccc(OCCOC(=O)N3C(=O)CCC3=O)cc2)O1. The van der Waals surface area contributed by atoms with Gasteiger partial charge in [0.05, 0.1) is 12.7 Å². The number of benzene rings is 1. The van der Waals surface area contributed by atoms with E-state index >= 15 is 0 Å². The molecule has 13 nitrogen and oxygen atoms in total. The van der Waals surface area contributed by atoms with Gasteiger partial charge >= 0.3 is 6.09 Å². The van der Waals surface area contributed by atoms with Crippen molar-refractivity contribution in [1.82, 2.24) is 15.1 Å². The van der Waals surface area contributed by atoms with Crippen LogP contribution in [0.15, 0.2) is 36.4 Å².